The molecular formula is C21H24FN3O6S. The van der Waals surface area contributed by atoms with E-state index in [1.807, 2.05) is 0 Å². The molecule has 32 heavy (non-hydrogen) atoms. The summed E-state index contributed by atoms with van der Waals surface area (Å²) < 4.78 is 51.4. The van der Waals surface area contributed by atoms with Crippen LogP contribution in [-0.4, -0.2) is 56.9 Å². The Kier molecular flexibility index (Phi) is 7.44. The second kappa shape index (κ2) is 10.1. The summed E-state index contributed by atoms with van der Waals surface area (Å²) in [5.41, 5.74) is 4.95. The third kappa shape index (κ3) is 5.42. The van der Waals surface area contributed by atoms with E-state index in [1.165, 1.54) is 47.6 Å². The van der Waals surface area contributed by atoms with Gasteiger partial charge in [0.15, 0.2) is 17.7 Å². The monoisotopic (exact) mass is 465 g/mol. The van der Waals surface area contributed by atoms with Crippen molar-refractivity contribution in [2.24, 2.45) is 0 Å². The van der Waals surface area contributed by atoms with Crippen LogP contribution in [-0.2, 0) is 19.6 Å². The number of morpholine rings is 1. The first-order valence-corrected chi connectivity index (χ1v) is 11.3. The smallest absolute Gasteiger partial charge is 0.279 e. The number of nitrogens with one attached hydrogen (secondary N) is 2. The molecule has 0 spiro atoms. The summed E-state index contributed by atoms with van der Waals surface area (Å²) in [5.74, 6) is -2.15. The molecule has 0 saturated carbocycles. The minimum Gasteiger partial charge on any atom is -0.478 e. The molecule has 2 N–H and O–H groups in total. The number of benzene rings is 2. The minimum absolute atomic E-state index is 0.00892. The van der Waals surface area contributed by atoms with Crippen molar-refractivity contribution < 1.29 is 31.9 Å². The zero-order valence-electron chi connectivity index (χ0n) is 17.6. The number of nitrogens with zero attached hydrogens (tertiary/aromatic N) is 1. The Balaban J connectivity index is 1.66. The number of carbonyl (C=O) groups excluding carboxylic acids is 2. The van der Waals surface area contributed by atoms with Crippen molar-refractivity contribution in [3.05, 3.63) is 59.4 Å². The number of carbonyl (C=O) groups is 2. The van der Waals surface area contributed by atoms with Crippen molar-refractivity contribution in [3.63, 3.8) is 0 Å². The number of para-hydroxylation sites is 1. The number of sulfonamides is 1. The molecule has 1 heterocycles. The van der Waals surface area contributed by atoms with E-state index in [9.17, 15) is 22.4 Å². The van der Waals surface area contributed by atoms with Gasteiger partial charge in [0.25, 0.3) is 11.8 Å². The van der Waals surface area contributed by atoms with E-state index in [1.54, 1.807) is 13.0 Å². The van der Waals surface area contributed by atoms with E-state index in [0.717, 1.165) is 0 Å². The molecule has 2 amide bonds. The average Bonchev–Trinajstić information content (AvgIpc) is 2.79. The van der Waals surface area contributed by atoms with Crippen LogP contribution in [0.3, 0.4) is 0 Å². The molecule has 1 saturated heterocycles. The number of hydrogen-bond acceptors (Lipinski definition) is 6. The lowest BCUT2D eigenvalue weighted by Crippen LogP contribution is -2.47. The van der Waals surface area contributed by atoms with Crippen molar-refractivity contribution in [1.82, 2.24) is 15.2 Å². The maximum Gasteiger partial charge on any atom is 0.279 e. The predicted molar refractivity (Wildman–Crippen MR) is 113 cm³/mol. The molecule has 1 atom stereocenters. The predicted octanol–water partition coefficient (Wildman–Crippen LogP) is 1.38. The lowest BCUT2D eigenvalue weighted by Gasteiger charge is -2.26. The van der Waals surface area contributed by atoms with Crippen LogP contribution >= 0.6 is 0 Å². The first-order valence-electron chi connectivity index (χ1n) is 9.90. The second-order valence-electron chi connectivity index (χ2n) is 7.13. The molecule has 1 aliphatic rings. The van der Waals surface area contributed by atoms with Crippen LogP contribution in [0, 0.1) is 12.7 Å². The quantitative estimate of drug-likeness (QED) is 0.623. The van der Waals surface area contributed by atoms with Crippen LogP contribution in [0.4, 0.5) is 4.39 Å². The highest BCUT2D eigenvalue weighted by atomic mass is 32.2. The maximum atomic E-state index is 13.7. The van der Waals surface area contributed by atoms with Gasteiger partial charge in [0.2, 0.25) is 10.0 Å². The van der Waals surface area contributed by atoms with Crippen molar-refractivity contribution in [2.75, 3.05) is 26.3 Å². The minimum atomic E-state index is -3.80. The Morgan fingerprint density at radius 2 is 1.81 bits per heavy atom. The molecule has 0 aliphatic carbocycles. The van der Waals surface area contributed by atoms with Gasteiger partial charge in [-0.3, -0.25) is 20.4 Å². The van der Waals surface area contributed by atoms with Crippen molar-refractivity contribution in [3.8, 4) is 5.75 Å². The summed E-state index contributed by atoms with van der Waals surface area (Å²) in [6.07, 6.45) is -1.09. The number of ether oxygens (including phenoxy) is 2. The Hall–Kier alpha value is -3.02. The normalized spacial score (nSPS) is 15.6. The van der Waals surface area contributed by atoms with Crippen LogP contribution in [0.15, 0.2) is 47.4 Å². The molecule has 0 bridgehead atoms. The number of halogens is 1. The van der Waals surface area contributed by atoms with E-state index in [4.69, 9.17) is 9.47 Å². The molecule has 2 aromatic carbocycles. The molecule has 1 fully saturated rings. The van der Waals surface area contributed by atoms with E-state index in [-0.39, 0.29) is 29.3 Å². The molecule has 9 nitrogen and oxygen atoms in total. The zero-order chi connectivity index (χ0) is 23.3. The van der Waals surface area contributed by atoms with E-state index < -0.39 is 33.8 Å². The highest BCUT2D eigenvalue weighted by Crippen LogP contribution is 2.22. The van der Waals surface area contributed by atoms with Gasteiger partial charge in [-0.2, -0.15) is 4.31 Å². The van der Waals surface area contributed by atoms with Gasteiger partial charge in [-0.1, -0.05) is 18.2 Å². The summed E-state index contributed by atoms with van der Waals surface area (Å²) in [6.45, 7) is 4.10. The fourth-order valence-electron chi connectivity index (χ4n) is 3.02. The highest BCUT2D eigenvalue weighted by Gasteiger charge is 2.28. The molecule has 0 aromatic heterocycles. The molecule has 172 valence electrons. The van der Waals surface area contributed by atoms with Gasteiger partial charge in [0.05, 0.1) is 18.1 Å². The third-order valence-corrected chi connectivity index (χ3v) is 6.89. The maximum absolute atomic E-state index is 13.7. The summed E-state index contributed by atoms with van der Waals surface area (Å²) in [6, 6.07) is 9.86. The van der Waals surface area contributed by atoms with Crippen molar-refractivity contribution in [1.29, 1.82) is 0 Å². The number of rotatable bonds is 6. The number of amides is 2. The van der Waals surface area contributed by atoms with Gasteiger partial charge >= 0.3 is 0 Å². The third-order valence-electron chi connectivity index (χ3n) is 4.85. The molecule has 0 radical (unpaired) electrons. The van der Waals surface area contributed by atoms with Crippen LogP contribution in [0.5, 0.6) is 5.75 Å². The highest BCUT2D eigenvalue weighted by molar-refractivity contribution is 7.89. The largest absolute Gasteiger partial charge is 0.478 e. The molecule has 0 unspecified atom stereocenters. The summed E-state index contributed by atoms with van der Waals surface area (Å²) in [5, 5.41) is 0. The topological polar surface area (TPSA) is 114 Å². The number of hydrogen-bond donors (Lipinski definition) is 2. The van der Waals surface area contributed by atoms with Gasteiger partial charge in [-0.05, 0) is 43.7 Å². The Morgan fingerprint density at radius 1 is 1.12 bits per heavy atom. The van der Waals surface area contributed by atoms with Gasteiger partial charge in [-0.25, -0.2) is 12.8 Å². The Morgan fingerprint density at radius 3 is 2.50 bits per heavy atom. The number of hydrazine groups is 1. The summed E-state index contributed by atoms with van der Waals surface area (Å²) in [4.78, 5) is 24.7. The van der Waals surface area contributed by atoms with Crippen LogP contribution in [0.25, 0.3) is 0 Å². The van der Waals surface area contributed by atoms with E-state index in [0.29, 0.717) is 18.8 Å². The molecule has 3 rings (SSSR count). The fourth-order valence-corrected chi connectivity index (χ4v) is 4.68. The first-order chi connectivity index (χ1) is 15.2. The van der Waals surface area contributed by atoms with E-state index >= 15 is 0 Å². The van der Waals surface area contributed by atoms with Crippen molar-refractivity contribution >= 4 is 21.8 Å². The molecule has 11 heteroatoms. The van der Waals surface area contributed by atoms with Crippen molar-refractivity contribution in [2.45, 2.75) is 24.8 Å². The standard InChI is InChI=1S/C21H24FN3O6S/c1-14-7-8-16(13-19(14)32(28,29)25-9-11-30-12-10-25)21(27)24-23-20(26)15(2)31-18-6-4-3-5-17(18)22/h3-8,13,15H,9-12H2,1-2H3,(H,23,26)(H,24,27)/t15-/m0/s1. The van der Waals surface area contributed by atoms with Gasteiger partial charge in [-0.15, -0.1) is 0 Å². The second-order valence-corrected chi connectivity index (χ2v) is 9.04. The van der Waals surface area contributed by atoms with E-state index in [2.05, 4.69) is 10.9 Å². The SMILES string of the molecule is Cc1ccc(C(=O)NNC(=O)[C@H](C)Oc2ccccc2F)cc1S(=O)(=O)N1CCOCC1. The lowest BCUT2D eigenvalue weighted by molar-refractivity contribution is -0.128. The van der Waals surface area contributed by atoms with Gasteiger partial charge < -0.3 is 9.47 Å². The summed E-state index contributed by atoms with van der Waals surface area (Å²) in [7, 11) is -3.80. The zero-order valence-corrected chi connectivity index (χ0v) is 18.4. The Bertz CT molecular complexity index is 1100. The molecular weight excluding hydrogens is 441 g/mol. The van der Waals surface area contributed by atoms with Gasteiger partial charge in [0, 0.05) is 18.7 Å². The molecule has 1 aliphatic heterocycles. The lowest BCUT2D eigenvalue weighted by atomic mass is 10.1. The van der Waals surface area contributed by atoms with Crippen LogP contribution < -0.4 is 15.6 Å². The van der Waals surface area contributed by atoms with Crippen LogP contribution in [0.2, 0.25) is 0 Å². The Labute approximate surface area is 185 Å². The fraction of sp³-hybridized carbons (Fsp3) is 0.333. The van der Waals surface area contributed by atoms with Gasteiger partial charge in [0.1, 0.15) is 0 Å². The first kappa shape index (κ1) is 23.6. The summed E-state index contributed by atoms with van der Waals surface area (Å²) >= 11 is 0. The molecule has 2 aromatic rings. The van der Waals surface area contributed by atoms with Crippen LogP contribution in [0.1, 0.15) is 22.8 Å². The number of aryl methyl sites for hydroxylation is 1. The average molecular weight is 466 g/mol.